The number of ether oxygens (including phenoxy) is 1. The molecule has 1 unspecified atom stereocenters. The van der Waals surface area contributed by atoms with E-state index in [0.29, 0.717) is 19.6 Å². The highest BCUT2D eigenvalue weighted by Gasteiger charge is 2.32. The molecule has 1 aromatic heterocycles. The second kappa shape index (κ2) is 6.92. The molecular formula is C17H22N4O3. The fraction of sp³-hybridized carbons (Fsp3) is 0.412. The minimum atomic E-state index is -0.223. The number of imidazole rings is 1. The summed E-state index contributed by atoms with van der Waals surface area (Å²) < 4.78 is 6.85. The number of benzene rings is 1. The van der Waals surface area contributed by atoms with E-state index >= 15 is 0 Å². The van der Waals surface area contributed by atoms with E-state index in [1.54, 1.807) is 29.0 Å². The lowest BCUT2D eigenvalue weighted by molar-refractivity contribution is -0.125. The number of piperazine rings is 1. The zero-order valence-corrected chi connectivity index (χ0v) is 13.9. The van der Waals surface area contributed by atoms with Gasteiger partial charge in [-0.3, -0.25) is 14.3 Å². The predicted molar refractivity (Wildman–Crippen MR) is 91.4 cm³/mol. The number of aromatic nitrogens is 2. The lowest BCUT2D eigenvalue weighted by atomic mass is 10.1. The molecule has 2 heterocycles. The summed E-state index contributed by atoms with van der Waals surface area (Å²) in [5, 5.41) is 0. The van der Waals surface area contributed by atoms with Crippen molar-refractivity contribution in [3.8, 4) is 5.75 Å². The summed E-state index contributed by atoms with van der Waals surface area (Å²) in [7, 11) is 1.62. The zero-order valence-electron chi connectivity index (χ0n) is 13.9. The molecule has 24 heavy (non-hydrogen) atoms. The molecule has 3 rings (SSSR count). The van der Waals surface area contributed by atoms with Crippen LogP contribution >= 0.6 is 0 Å². The monoisotopic (exact) mass is 330 g/mol. The van der Waals surface area contributed by atoms with E-state index in [1.807, 2.05) is 31.2 Å². The van der Waals surface area contributed by atoms with Crippen LogP contribution in [0.3, 0.4) is 0 Å². The van der Waals surface area contributed by atoms with Crippen molar-refractivity contribution in [3.63, 3.8) is 0 Å². The first-order chi connectivity index (χ1) is 11.6. The Morgan fingerprint density at radius 3 is 2.79 bits per heavy atom. The predicted octanol–water partition coefficient (Wildman–Crippen LogP) is 0.922. The number of amides is 1. The van der Waals surface area contributed by atoms with E-state index in [4.69, 9.17) is 4.74 Å². The van der Waals surface area contributed by atoms with Crippen molar-refractivity contribution in [2.75, 3.05) is 31.6 Å². The highest BCUT2D eigenvalue weighted by molar-refractivity contribution is 5.97. The van der Waals surface area contributed by atoms with E-state index in [2.05, 4.69) is 9.88 Å². The third-order valence-corrected chi connectivity index (χ3v) is 4.50. The fourth-order valence-corrected chi connectivity index (χ4v) is 3.02. The van der Waals surface area contributed by atoms with Crippen molar-refractivity contribution in [2.45, 2.75) is 19.5 Å². The summed E-state index contributed by atoms with van der Waals surface area (Å²) in [5.74, 6) is 0.804. The Labute approximate surface area is 140 Å². The van der Waals surface area contributed by atoms with Crippen molar-refractivity contribution >= 4 is 11.6 Å². The minimum absolute atomic E-state index is 0.0657. The Bertz CT molecular complexity index is 767. The standard InChI is InChI=1S/C17H22N4O3/c1-13-16(22)21(14-4-3-5-15(12-14)24-2)11-10-19(13)8-9-20-7-6-18-17(20)23/h3-7,12-13H,8-11H2,1-2H3,(H,18,23). The zero-order chi connectivity index (χ0) is 17.1. The Morgan fingerprint density at radius 1 is 1.25 bits per heavy atom. The Morgan fingerprint density at radius 2 is 2.08 bits per heavy atom. The van der Waals surface area contributed by atoms with Crippen LogP contribution in [0.25, 0.3) is 0 Å². The molecule has 0 spiro atoms. The first-order valence-corrected chi connectivity index (χ1v) is 8.03. The highest BCUT2D eigenvalue weighted by Crippen LogP contribution is 2.24. The van der Waals surface area contributed by atoms with Crippen molar-refractivity contribution in [3.05, 3.63) is 47.1 Å². The third kappa shape index (κ3) is 3.21. The summed E-state index contributed by atoms with van der Waals surface area (Å²) in [4.78, 5) is 30.8. The molecule has 1 fully saturated rings. The molecule has 128 valence electrons. The van der Waals surface area contributed by atoms with Crippen molar-refractivity contribution < 1.29 is 9.53 Å². The molecule has 2 aromatic rings. The molecule has 1 N–H and O–H groups in total. The lowest BCUT2D eigenvalue weighted by Gasteiger charge is -2.39. The molecule has 0 radical (unpaired) electrons. The number of carbonyl (C=O) groups excluding carboxylic acids is 1. The Hall–Kier alpha value is -2.54. The minimum Gasteiger partial charge on any atom is -0.497 e. The van der Waals surface area contributed by atoms with Gasteiger partial charge in [0.05, 0.1) is 13.2 Å². The topological polar surface area (TPSA) is 70.6 Å². The van der Waals surface area contributed by atoms with Gasteiger partial charge >= 0.3 is 5.69 Å². The van der Waals surface area contributed by atoms with Crippen LogP contribution in [0.15, 0.2) is 41.5 Å². The summed E-state index contributed by atoms with van der Waals surface area (Å²) >= 11 is 0. The van der Waals surface area contributed by atoms with Crippen molar-refractivity contribution in [1.82, 2.24) is 14.5 Å². The van der Waals surface area contributed by atoms with Gasteiger partial charge in [-0.15, -0.1) is 0 Å². The summed E-state index contributed by atoms with van der Waals surface area (Å²) in [6.07, 6.45) is 3.35. The SMILES string of the molecule is COc1cccc(N2CCN(CCn3cc[nH]c3=O)C(C)C2=O)c1. The summed E-state index contributed by atoms with van der Waals surface area (Å²) in [6.45, 7) is 4.53. The number of H-pyrrole nitrogens is 1. The van der Waals surface area contributed by atoms with Crippen LogP contribution in [0.5, 0.6) is 5.75 Å². The average molecular weight is 330 g/mol. The molecule has 1 amide bonds. The molecule has 0 saturated carbocycles. The van der Waals surface area contributed by atoms with Gasteiger partial charge in [0, 0.05) is 50.3 Å². The van der Waals surface area contributed by atoms with Gasteiger partial charge < -0.3 is 14.6 Å². The van der Waals surface area contributed by atoms with Gasteiger partial charge in [0.2, 0.25) is 5.91 Å². The maximum absolute atomic E-state index is 12.7. The number of carbonyl (C=O) groups is 1. The second-order valence-corrected chi connectivity index (χ2v) is 5.86. The number of methoxy groups -OCH3 is 1. The van der Waals surface area contributed by atoms with E-state index in [0.717, 1.165) is 18.0 Å². The average Bonchev–Trinajstić information content (AvgIpc) is 3.01. The van der Waals surface area contributed by atoms with Gasteiger partial charge in [-0.05, 0) is 19.1 Å². The van der Waals surface area contributed by atoms with E-state index < -0.39 is 0 Å². The van der Waals surface area contributed by atoms with Crippen LogP contribution in [-0.2, 0) is 11.3 Å². The molecule has 7 heteroatoms. The largest absolute Gasteiger partial charge is 0.497 e. The van der Waals surface area contributed by atoms with E-state index in [9.17, 15) is 9.59 Å². The van der Waals surface area contributed by atoms with Crippen LogP contribution in [0.4, 0.5) is 5.69 Å². The van der Waals surface area contributed by atoms with Gasteiger partial charge in [0.1, 0.15) is 5.75 Å². The molecule has 1 atom stereocenters. The molecular weight excluding hydrogens is 308 g/mol. The smallest absolute Gasteiger partial charge is 0.325 e. The molecule has 1 aromatic carbocycles. The van der Waals surface area contributed by atoms with Crippen LogP contribution in [-0.4, -0.2) is 53.1 Å². The Balaban J connectivity index is 1.67. The summed E-state index contributed by atoms with van der Waals surface area (Å²) in [5.41, 5.74) is 0.733. The van der Waals surface area contributed by atoms with Crippen LogP contribution in [0.2, 0.25) is 0 Å². The number of hydrogen-bond acceptors (Lipinski definition) is 4. The first-order valence-electron chi connectivity index (χ1n) is 8.03. The molecule has 1 aliphatic heterocycles. The molecule has 1 aliphatic rings. The van der Waals surface area contributed by atoms with Gasteiger partial charge in [0.25, 0.3) is 0 Å². The number of nitrogens with one attached hydrogen (secondary N) is 1. The highest BCUT2D eigenvalue weighted by atomic mass is 16.5. The quantitative estimate of drug-likeness (QED) is 0.885. The van der Waals surface area contributed by atoms with Crippen molar-refractivity contribution in [2.24, 2.45) is 0 Å². The third-order valence-electron chi connectivity index (χ3n) is 4.50. The van der Waals surface area contributed by atoms with Gasteiger partial charge in [0.15, 0.2) is 0 Å². The van der Waals surface area contributed by atoms with Gasteiger partial charge in [-0.1, -0.05) is 6.07 Å². The number of anilines is 1. The molecule has 0 aliphatic carbocycles. The van der Waals surface area contributed by atoms with Crippen LogP contribution in [0.1, 0.15) is 6.92 Å². The van der Waals surface area contributed by atoms with E-state index in [1.165, 1.54) is 0 Å². The van der Waals surface area contributed by atoms with Crippen molar-refractivity contribution in [1.29, 1.82) is 0 Å². The van der Waals surface area contributed by atoms with Gasteiger partial charge in [-0.25, -0.2) is 4.79 Å². The van der Waals surface area contributed by atoms with E-state index in [-0.39, 0.29) is 17.6 Å². The fourth-order valence-electron chi connectivity index (χ4n) is 3.02. The summed E-state index contributed by atoms with van der Waals surface area (Å²) in [6, 6.07) is 7.32. The number of aromatic amines is 1. The molecule has 0 bridgehead atoms. The first kappa shape index (κ1) is 16.3. The number of rotatable bonds is 5. The number of hydrogen-bond donors (Lipinski definition) is 1. The Kier molecular flexibility index (Phi) is 4.71. The number of nitrogens with zero attached hydrogens (tertiary/aromatic N) is 3. The van der Waals surface area contributed by atoms with Crippen LogP contribution < -0.4 is 15.3 Å². The maximum Gasteiger partial charge on any atom is 0.325 e. The molecule has 1 saturated heterocycles. The van der Waals surface area contributed by atoms with Crippen LogP contribution in [0, 0.1) is 0 Å². The normalized spacial score (nSPS) is 18.8. The van der Waals surface area contributed by atoms with Gasteiger partial charge in [-0.2, -0.15) is 0 Å². The lowest BCUT2D eigenvalue weighted by Crippen LogP contribution is -2.56. The second-order valence-electron chi connectivity index (χ2n) is 5.86. The maximum atomic E-state index is 12.7. The molecule has 7 nitrogen and oxygen atoms in total.